The third-order valence-electron chi connectivity index (χ3n) is 5.07. The van der Waals surface area contributed by atoms with Gasteiger partial charge in [-0.2, -0.15) is 0 Å². The first-order valence-corrected chi connectivity index (χ1v) is 8.40. The molecule has 2 amide bonds. The summed E-state index contributed by atoms with van der Waals surface area (Å²) in [6.45, 7) is 2.25. The number of amides is 2. The maximum absolute atomic E-state index is 13.3. The summed E-state index contributed by atoms with van der Waals surface area (Å²) < 4.78 is 13.3. The first-order chi connectivity index (χ1) is 11.6. The van der Waals surface area contributed by atoms with E-state index in [9.17, 15) is 9.18 Å². The molecule has 1 saturated carbocycles. The van der Waals surface area contributed by atoms with Gasteiger partial charge in [-0.25, -0.2) is 9.18 Å². The van der Waals surface area contributed by atoms with Crippen LogP contribution in [0.25, 0.3) is 11.1 Å². The second-order valence-corrected chi connectivity index (χ2v) is 6.93. The summed E-state index contributed by atoms with van der Waals surface area (Å²) in [5.74, 6) is 0.339. The quantitative estimate of drug-likeness (QED) is 0.895. The van der Waals surface area contributed by atoms with Crippen LogP contribution in [0.2, 0.25) is 0 Å². The molecule has 1 aromatic heterocycles. The molecule has 2 unspecified atom stereocenters. The van der Waals surface area contributed by atoms with Crippen molar-refractivity contribution in [2.24, 2.45) is 5.92 Å². The molecule has 1 N–H and O–H groups in total. The number of urea groups is 1. The van der Waals surface area contributed by atoms with Crippen molar-refractivity contribution in [3.63, 3.8) is 0 Å². The molecule has 4 nitrogen and oxygen atoms in total. The van der Waals surface area contributed by atoms with Crippen LogP contribution in [-0.4, -0.2) is 28.0 Å². The molecule has 0 radical (unpaired) electrons. The standard InChI is InChI=1S/C19H20FN3O/c1-12-5-17-9-18(6-12)23(17)19(24)22-16-4-2-3-13(8-16)14-7-15(20)11-21-10-14/h2-4,7-8,10-12,17-18H,5-6,9H2,1H3,(H,22,24). The van der Waals surface area contributed by atoms with E-state index in [2.05, 4.69) is 17.2 Å². The van der Waals surface area contributed by atoms with Gasteiger partial charge in [-0.3, -0.25) is 4.98 Å². The minimum absolute atomic E-state index is 0.0299. The number of aromatic nitrogens is 1. The van der Waals surface area contributed by atoms with Gasteiger partial charge in [0.15, 0.2) is 0 Å². The lowest BCUT2D eigenvalue weighted by atomic mass is 9.74. The van der Waals surface area contributed by atoms with Gasteiger partial charge in [0.2, 0.25) is 0 Å². The molecule has 0 spiro atoms. The second kappa shape index (κ2) is 5.89. The molecule has 2 aromatic rings. The van der Waals surface area contributed by atoms with Gasteiger partial charge in [0.1, 0.15) is 5.82 Å². The predicted octanol–water partition coefficient (Wildman–Crippen LogP) is 4.29. The Bertz CT molecular complexity index is 767. The molecule has 2 atom stereocenters. The van der Waals surface area contributed by atoms with Crippen molar-refractivity contribution in [3.05, 3.63) is 48.5 Å². The molecule has 2 aliphatic heterocycles. The van der Waals surface area contributed by atoms with E-state index in [1.807, 2.05) is 29.2 Å². The van der Waals surface area contributed by atoms with Gasteiger partial charge in [-0.1, -0.05) is 19.1 Å². The molecule has 2 saturated heterocycles. The third kappa shape index (κ3) is 2.75. The summed E-state index contributed by atoms with van der Waals surface area (Å²) in [5.41, 5.74) is 2.25. The van der Waals surface area contributed by atoms with Crippen molar-refractivity contribution in [2.45, 2.75) is 38.3 Å². The molecule has 3 heterocycles. The first kappa shape index (κ1) is 15.1. The van der Waals surface area contributed by atoms with Gasteiger partial charge >= 0.3 is 6.03 Å². The minimum atomic E-state index is -0.371. The van der Waals surface area contributed by atoms with Crippen LogP contribution in [-0.2, 0) is 0 Å². The number of halogens is 1. The third-order valence-corrected chi connectivity index (χ3v) is 5.07. The van der Waals surface area contributed by atoms with E-state index in [1.165, 1.54) is 12.3 Å². The second-order valence-electron chi connectivity index (χ2n) is 6.93. The Morgan fingerprint density at radius 2 is 1.96 bits per heavy atom. The lowest BCUT2D eigenvalue weighted by Crippen LogP contribution is -2.63. The van der Waals surface area contributed by atoms with E-state index >= 15 is 0 Å². The molecule has 124 valence electrons. The zero-order valence-corrected chi connectivity index (χ0v) is 13.6. The zero-order valence-electron chi connectivity index (χ0n) is 13.6. The van der Waals surface area contributed by atoms with Gasteiger partial charge < -0.3 is 10.2 Å². The Morgan fingerprint density at radius 3 is 2.71 bits per heavy atom. The highest BCUT2D eigenvalue weighted by atomic mass is 19.1. The van der Waals surface area contributed by atoms with Crippen LogP contribution < -0.4 is 5.32 Å². The number of nitrogens with zero attached hydrogens (tertiary/aromatic N) is 2. The SMILES string of the molecule is CC1CC2CC(C1)N2C(=O)Nc1cccc(-c2cncc(F)c2)c1. The summed E-state index contributed by atoms with van der Waals surface area (Å²) >= 11 is 0. The predicted molar refractivity (Wildman–Crippen MR) is 91.1 cm³/mol. The maximum Gasteiger partial charge on any atom is 0.322 e. The van der Waals surface area contributed by atoms with Gasteiger partial charge in [0.05, 0.1) is 6.20 Å². The van der Waals surface area contributed by atoms with Crippen LogP contribution in [0.3, 0.4) is 0 Å². The maximum atomic E-state index is 13.3. The molecule has 5 heteroatoms. The number of benzene rings is 1. The molecular formula is C19H20FN3O. The van der Waals surface area contributed by atoms with Crippen LogP contribution >= 0.6 is 0 Å². The summed E-state index contributed by atoms with van der Waals surface area (Å²) in [4.78, 5) is 18.4. The fourth-order valence-electron chi connectivity index (χ4n) is 4.01. The smallest absolute Gasteiger partial charge is 0.318 e. The highest BCUT2D eigenvalue weighted by Gasteiger charge is 2.46. The largest absolute Gasteiger partial charge is 0.322 e. The van der Waals surface area contributed by atoms with E-state index < -0.39 is 0 Å². The van der Waals surface area contributed by atoms with E-state index in [0.29, 0.717) is 23.6 Å². The first-order valence-electron chi connectivity index (χ1n) is 8.40. The lowest BCUT2D eigenvalue weighted by Gasteiger charge is -2.54. The molecule has 5 rings (SSSR count). The van der Waals surface area contributed by atoms with Gasteiger partial charge in [-0.05, 0) is 48.9 Å². The van der Waals surface area contributed by atoms with Gasteiger partial charge in [0.25, 0.3) is 0 Å². The molecular weight excluding hydrogens is 305 g/mol. The van der Waals surface area contributed by atoms with Crippen molar-refractivity contribution < 1.29 is 9.18 Å². The number of anilines is 1. The Morgan fingerprint density at radius 1 is 1.17 bits per heavy atom. The van der Waals surface area contributed by atoms with Crippen molar-refractivity contribution in [1.29, 1.82) is 0 Å². The fraction of sp³-hybridized carbons (Fsp3) is 0.368. The fourth-order valence-corrected chi connectivity index (χ4v) is 4.01. The van der Waals surface area contributed by atoms with Crippen LogP contribution in [0.1, 0.15) is 26.2 Å². The van der Waals surface area contributed by atoms with Crippen molar-refractivity contribution in [3.8, 4) is 11.1 Å². The summed E-state index contributed by atoms with van der Waals surface area (Å²) in [7, 11) is 0. The van der Waals surface area contributed by atoms with Crippen molar-refractivity contribution in [2.75, 3.05) is 5.32 Å². The number of piperidine rings is 1. The van der Waals surface area contributed by atoms with Crippen LogP contribution in [0.15, 0.2) is 42.7 Å². The zero-order chi connectivity index (χ0) is 16.7. The normalized spacial score (nSPS) is 25.1. The lowest BCUT2D eigenvalue weighted by molar-refractivity contribution is -0.00600. The monoisotopic (exact) mass is 325 g/mol. The Labute approximate surface area is 140 Å². The van der Waals surface area contributed by atoms with Gasteiger partial charge in [-0.15, -0.1) is 0 Å². The average Bonchev–Trinajstić information content (AvgIpc) is 2.54. The van der Waals surface area contributed by atoms with Crippen LogP contribution in [0, 0.1) is 11.7 Å². The minimum Gasteiger partial charge on any atom is -0.318 e. The number of fused-ring (bicyclic) bond motifs is 2. The van der Waals surface area contributed by atoms with Crippen molar-refractivity contribution in [1.82, 2.24) is 9.88 Å². The number of hydrogen-bond acceptors (Lipinski definition) is 2. The number of rotatable bonds is 2. The Hall–Kier alpha value is -2.43. The van der Waals surface area contributed by atoms with E-state index in [4.69, 9.17) is 0 Å². The topological polar surface area (TPSA) is 45.2 Å². The number of nitrogens with one attached hydrogen (secondary N) is 1. The van der Waals surface area contributed by atoms with Crippen LogP contribution in [0.4, 0.5) is 14.9 Å². The Kier molecular flexibility index (Phi) is 3.71. The molecule has 1 aliphatic carbocycles. The molecule has 3 aliphatic rings. The van der Waals surface area contributed by atoms with E-state index in [0.717, 1.165) is 30.5 Å². The highest BCUT2D eigenvalue weighted by Crippen LogP contribution is 2.41. The number of pyridine rings is 1. The summed E-state index contributed by atoms with van der Waals surface area (Å²) in [6, 6.07) is 9.62. The number of hydrogen-bond donors (Lipinski definition) is 1. The average molecular weight is 325 g/mol. The highest BCUT2D eigenvalue weighted by molar-refractivity contribution is 5.91. The van der Waals surface area contributed by atoms with E-state index in [1.54, 1.807) is 6.20 Å². The van der Waals surface area contributed by atoms with Crippen LogP contribution in [0.5, 0.6) is 0 Å². The summed E-state index contributed by atoms with van der Waals surface area (Å²) in [5, 5.41) is 2.98. The molecule has 3 fully saturated rings. The molecule has 1 aromatic carbocycles. The molecule has 2 bridgehead atoms. The van der Waals surface area contributed by atoms with E-state index in [-0.39, 0.29) is 11.8 Å². The molecule has 24 heavy (non-hydrogen) atoms. The number of carbonyl (C=O) groups excluding carboxylic acids is 1. The summed E-state index contributed by atoms with van der Waals surface area (Å²) in [6.07, 6.45) is 6.12. The van der Waals surface area contributed by atoms with Gasteiger partial charge in [0, 0.05) is 29.5 Å². The van der Waals surface area contributed by atoms with Crippen molar-refractivity contribution >= 4 is 11.7 Å². The number of carbonyl (C=O) groups is 1. The Balaban J connectivity index is 1.49.